The number of fused-ring (bicyclic) bond motifs is 1. The molecule has 0 saturated heterocycles. The number of benzene rings is 1. The zero-order valence-electron chi connectivity index (χ0n) is 16.4. The summed E-state index contributed by atoms with van der Waals surface area (Å²) in [7, 11) is 4.76. The Morgan fingerprint density at radius 3 is 2.44 bits per heavy atom. The van der Waals surface area contributed by atoms with Gasteiger partial charge in [-0.3, -0.25) is 0 Å². The van der Waals surface area contributed by atoms with Crippen molar-refractivity contribution in [2.24, 2.45) is 0 Å². The first-order chi connectivity index (χ1) is 13.1. The van der Waals surface area contributed by atoms with Gasteiger partial charge in [0.1, 0.15) is 5.82 Å². The summed E-state index contributed by atoms with van der Waals surface area (Å²) in [5.74, 6) is 3.15. The summed E-state index contributed by atoms with van der Waals surface area (Å²) in [5, 5.41) is 3.24. The van der Waals surface area contributed by atoms with Gasteiger partial charge in [0.05, 0.1) is 21.3 Å². The van der Waals surface area contributed by atoms with Gasteiger partial charge in [0.15, 0.2) is 11.5 Å². The molecule has 0 fully saturated rings. The van der Waals surface area contributed by atoms with Crippen molar-refractivity contribution in [2.75, 3.05) is 38.1 Å². The topological polar surface area (TPSA) is 68.7 Å². The second-order valence-corrected chi connectivity index (χ2v) is 6.32. The molecule has 1 aliphatic rings. The summed E-state index contributed by atoms with van der Waals surface area (Å²) in [6.45, 7) is 5.24. The number of nitrogens with zero attached hydrogens (tertiary/aromatic N) is 3. The van der Waals surface area contributed by atoms with E-state index in [0.717, 1.165) is 30.0 Å². The third-order valence-corrected chi connectivity index (χ3v) is 4.71. The Bertz CT molecular complexity index is 813. The van der Waals surface area contributed by atoms with E-state index in [9.17, 15) is 0 Å². The van der Waals surface area contributed by atoms with Crippen LogP contribution in [0.2, 0.25) is 0 Å². The van der Waals surface area contributed by atoms with Crippen LogP contribution in [0.25, 0.3) is 6.08 Å². The molecular formula is C20H26N4O3. The lowest BCUT2D eigenvalue weighted by Gasteiger charge is -2.32. The first-order valence-corrected chi connectivity index (χ1v) is 8.98. The third-order valence-electron chi connectivity index (χ3n) is 4.71. The number of hydrogen-bond acceptors (Lipinski definition) is 7. The molecule has 3 rings (SSSR count). The van der Waals surface area contributed by atoms with Gasteiger partial charge in [0, 0.05) is 42.2 Å². The SMILES string of the molecule is CCC(C)N1CC=Cc2cnc(Nc3cc(OC)c(OC)c(OC)c3)nc21. The van der Waals surface area contributed by atoms with Gasteiger partial charge in [0.25, 0.3) is 0 Å². The maximum absolute atomic E-state index is 5.41. The van der Waals surface area contributed by atoms with Crippen molar-refractivity contribution < 1.29 is 14.2 Å². The molecule has 1 aromatic carbocycles. The van der Waals surface area contributed by atoms with Crippen LogP contribution >= 0.6 is 0 Å². The maximum Gasteiger partial charge on any atom is 0.229 e. The maximum atomic E-state index is 5.41. The number of rotatable bonds is 7. The monoisotopic (exact) mass is 370 g/mol. The number of aromatic nitrogens is 2. The molecule has 0 spiro atoms. The summed E-state index contributed by atoms with van der Waals surface area (Å²) in [6, 6.07) is 4.06. The van der Waals surface area contributed by atoms with Crippen LogP contribution in [-0.4, -0.2) is 43.9 Å². The lowest BCUT2D eigenvalue weighted by atomic mass is 10.1. The molecule has 0 saturated carbocycles. The van der Waals surface area contributed by atoms with Gasteiger partial charge in [-0.15, -0.1) is 0 Å². The molecule has 27 heavy (non-hydrogen) atoms. The summed E-state index contributed by atoms with van der Waals surface area (Å²) < 4.78 is 16.2. The van der Waals surface area contributed by atoms with Crippen molar-refractivity contribution in [1.29, 1.82) is 0 Å². The van der Waals surface area contributed by atoms with Gasteiger partial charge < -0.3 is 24.4 Å². The minimum Gasteiger partial charge on any atom is -0.493 e. The Labute approximate surface area is 160 Å². The quantitative estimate of drug-likeness (QED) is 0.793. The van der Waals surface area contributed by atoms with E-state index >= 15 is 0 Å². The van der Waals surface area contributed by atoms with Crippen molar-refractivity contribution >= 4 is 23.5 Å². The number of ether oxygens (including phenoxy) is 3. The van der Waals surface area contributed by atoms with E-state index in [4.69, 9.17) is 19.2 Å². The molecule has 1 unspecified atom stereocenters. The fraction of sp³-hybridized carbons (Fsp3) is 0.400. The first-order valence-electron chi connectivity index (χ1n) is 8.98. The van der Waals surface area contributed by atoms with Crippen molar-refractivity contribution in [3.05, 3.63) is 30.0 Å². The van der Waals surface area contributed by atoms with Gasteiger partial charge in [-0.1, -0.05) is 19.1 Å². The third kappa shape index (κ3) is 3.77. The minimum absolute atomic E-state index is 0.401. The second kappa shape index (κ2) is 8.16. The van der Waals surface area contributed by atoms with Crippen molar-refractivity contribution in [1.82, 2.24) is 9.97 Å². The fourth-order valence-electron chi connectivity index (χ4n) is 3.06. The fourth-order valence-corrected chi connectivity index (χ4v) is 3.06. The number of anilines is 3. The molecule has 0 radical (unpaired) electrons. The molecular weight excluding hydrogens is 344 g/mol. The largest absolute Gasteiger partial charge is 0.493 e. The highest BCUT2D eigenvalue weighted by Gasteiger charge is 2.20. The van der Waals surface area contributed by atoms with Crippen LogP contribution < -0.4 is 24.4 Å². The average Bonchev–Trinajstić information content (AvgIpc) is 2.71. The highest BCUT2D eigenvalue weighted by atomic mass is 16.5. The van der Waals surface area contributed by atoms with E-state index in [1.807, 2.05) is 18.3 Å². The zero-order chi connectivity index (χ0) is 19.4. The Morgan fingerprint density at radius 1 is 1.15 bits per heavy atom. The molecule has 1 aromatic heterocycles. The molecule has 144 valence electrons. The van der Waals surface area contributed by atoms with E-state index in [0.29, 0.717) is 29.2 Å². The van der Waals surface area contributed by atoms with E-state index in [1.54, 1.807) is 21.3 Å². The molecule has 1 N–H and O–H groups in total. The normalized spacial score (nSPS) is 13.7. The molecule has 1 aliphatic heterocycles. The highest BCUT2D eigenvalue weighted by molar-refractivity contribution is 5.70. The second-order valence-electron chi connectivity index (χ2n) is 6.32. The molecule has 1 atom stereocenters. The van der Waals surface area contributed by atoms with Crippen LogP contribution in [0.4, 0.5) is 17.5 Å². The molecule has 0 aliphatic carbocycles. The van der Waals surface area contributed by atoms with Crippen LogP contribution in [0.3, 0.4) is 0 Å². The number of nitrogens with one attached hydrogen (secondary N) is 1. The van der Waals surface area contributed by atoms with Crippen molar-refractivity contribution in [3.8, 4) is 17.2 Å². The molecule has 7 heteroatoms. The Morgan fingerprint density at radius 2 is 1.85 bits per heavy atom. The Balaban J connectivity index is 1.94. The van der Waals surface area contributed by atoms with E-state index in [-0.39, 0.29) is 0 Å². The molecule has 0 bridgehead atoms. The van der Waals surface area contributed by atoms with Crippen LogP contribution in [-0.2, 0) is 0 Å². The summed E-state index contributed by atoms with van der Waals surface area (Å²) in [6.07, 6.45) is 7.10. The van der Waals surface area contributed by atoms with E-state index < -0.39 is 0 Å². The molecule has 2 aromatic rings. The smallest absolute Gasteiger partial charge is 0.229 e. The van der Waals surface area contributed by atoms with Crippen molar-refractivity contribution in [2.45, 2.75) is 26.3 Å². The molecule has 2 heterocycles. The van der Waals surface area contributed by atoms with E-state index in [2.05, 4.69) is 41.2 Å². The predicted octanol–water partition coefficient (Wildman–Crippen LogP) is 3.88. The van der Waals surface area contributed by atoms with Gasteiger partial charge in [-0.2, -0.15) is 4.98 Å². The lowest BCUT2D eigenvalue weighted by molar-refractivity contribution is 0.324. The summed E-state index contributed by atoms with van der Waals surface area (Å²) in [4.78, 5) is 11.5. The average molecular weight is 370 g/mol. The first kappa shape index (κ1) is 18.8. The van der Waals surface area contributed by atoms with Gasteiger partial charge in [0.2, 0.25) is 11.7 Å². The highest BCUT2D eigenvalue weighted by Crippen LogP contribution is 2.40. The molecule has 7 nitrogen and oxygen atoms in total. The van der Waals surface area contributed by atoms with E-state index in [1.165, 1.54) is 0 Å². The summed E-state index contributed by atoms with van der Waals surface area (Å²) >= 11 is 0. The predicted molar refractivity (Wildman–Crippen MR) is 108 cm³/mol. The van der Waals surface area contributed by atoms with Gasteiger partial charge in [-0.05, 0) is 13.3 Å². The number of methoxy groups -OCH3 is 3. The van der Waals surface area contributed by atoms with Crippen LogP contribution in [0.5, 0.6) is 17.2 Å². The Hall–Kier alpha value is -2.96. The molecule has 0 amide bonds. The van der Waals surface area contributed by atoms with Crippen LogP contribution in [0.15, 0.2) is 24.4 Å². The summed E-state index contributed by atoms with van der Waals surface area (Å²) in [5.41, 5.74) is 1.78. The zero-order valence-corrected chi connectivity index (χ0v) is 16.4. The standard InChI is InChI=1S/C20H26N4O3/c1-6-13(2)24-9-7-8-14-12-21-20(23-19(14)24)22-15-10-16(25-3)18(27-5)17(11-15)26-4/h7-8,10-13H,6,9H2,1-5H3,(H,21,22,23). The van der Waals surface area contributed by atoms with Gasteiger partial charge in [-0.25, -0.2) is 4.98 Å². The lowest BCUT2D eigenvalue weighted by Crippen LogP contribution is -2.35. The van der Waals surface area contributed by atoms with Crippen LogP contribution in [0, 0.1) is 0 Å². The minimum atomic E-state index is 0.401. The van der Waals surface area contributed by atoms with Crippen molar-refractivity contribution in [3.63, 3.8) is 0 Å². The van der Waals surface area contributed by atoms with Gasteiger partial charge >= 0.3 is 0 Å². The van der Waals surface area contributed by atoms with Crippen LogP contribution in [0.1, 0.15) is 25.8 Å². The number of hydrogen-bond donors (Lipinski definition) is 1. The Kier molecular flexibility index (Phi) is 5.69.